The molecule has 0 saturated carbocycles. The molecule has 0 amide bonds. The van der Waals surface area contributed by atoms with Gasteiger partial charge in [-0.2, -0.15) is 10.2 Å². The van der Waals surface area contributed by atoms with E-state index in [0.717, 1.165) is 34.5 Å². The van der Waals surface area contributed by atoms with Crippen LogP contribution in [0.15, 0.2) is 24.3 Å². The number of aryl methyl sites for hydroxylation is 2. The highest BCUT2D eigenvalue weighted by molar-refractivity contribution is 5.29. The van der Waals surface area contributed by atoms with Crippen molar-refractivity contribution in [1.29, 1.82) is 0 Å². The first kappa shape index (κ1) is 15.6. The Morgan fingerprint density at radius 2 is 1.71 bits per heavy atom. The van der Waals surface area contributed by atoms with Crippen molar-refractivity contribution < 1.29 is 4.39 Å². The predicted molar refractivity (Wildman–Crippen MR) is 84.1 cm³/mol. The van der Waals surface area contributed by atoms with Crippen molar-refractivity contribution in [2.24, 2.45) is 0 Å². The van der Waals surface area contributed by atoms with Crippen molar-refractivity contribution in [3.05, 3.63) is 58.2 Å². The quantitative estimate of drug-likeness (QED) is 0.814. The van der Waals surface area contributed by atoms with E-state index >= 15 is 0 Å². The molecule has 3 heteroatoms. The molecule has 2 aromatic rings. The van der Waals surface area contributed by atoms with Gasteiger partial charge in [0, 0.05) is 0 Å². The molecule has 0 radical (unpaired) electrons. The third kappa shape index (κ3) is 3.87. The Bertz CT molecular complexity index is 615. The highest BCUT2D eigenvalue weighted by Crippen LogP contribution is 2.23. The number of rotatable bonds is 4. The zero-order valence-electron chi connectivity index (χ0n) is 13.4. The zero-order chi connectivity index (χ0) is 15.6. The topological polar surface area (TPSA) is 25.8 Å². The SMILES string of the molecule is Cc1cc(F)cc([C@@H](C)Cc2nnc(C(C)C)cc2C)c1. The van der Waals surface area contributed by atoms with E-state index in [-0.39, 0.29) is 11.7 Å². The van der Waals surface area contributed by atoms with Crippen molar-refractivity contribution in [2.75, 3.05) is 0 Å². The molecule has 0 N–H and O–H groups in total. The zero-order valence-corrected chi connectivity index (χ0v) is 13.4. The van der Waals surface area contributed by atoms with Crippen molar-refractivity contribution in [2.45, 2.75) is 52.9 Å². The number of benzene rings is 1. The molecule has 1 heterocycles. The van der Waals surface area contributed by atoms with Gasteiger partial charge in [-0.25, -0.2) is 4.39 Å². The van der Waals surface area contributed by atoms with Gasteiger partial charge in [0.25, 0.3) is 0 Å². The lowest BCUT2D eigenvalue weighted by molar-refractivity contribution is 0.617. The molecule has 0 aliphatic carbocycles. The van der Waals surface area contributed by atoms with Gasteiger partial charge in [-0.15, -0.1) is 0 Å². The molecule has 1 aromatic heterocycles. The van der Waals surface area contributed by atoms with E-state index in [4.69, 9.17) is 0 Å². The predicted octanol–water partition coefficient (Wildman–Crippen LogP) is 4.70. The van der Waals surface area contributed by atoms with Crippen LogP contribution in [0.4, 0.5) is 4.39 Å². The largest absolute Gasteiger partial charge is 0.207 e. The van der Waals surface area contributed by atoms with Crippen LogP contribution in [-0.4, -0.2) is 10.2 Å². The Morgan fingerprint density at radius 3 is 2.29 bits per heavy atom. The second-order valence-electron chi connectivity index (χ2n) is 6.22. The van der Waals surface area contributed by atoms with Gasteiger partial charge in [0.1, 0.15) is 5.82 Å². The molecule has 2 nitrogen and oxygen atoms in total. The highest BCUT2D eigenvalue weighted by Gasteiger charge is 2.13. The molecule has 2 rings (SSSR count). The van der Waals surface area contributed by atoms with Gasteiger partial charge in [-0.1, -0.05) is 26.8 Å². The molecule has 0 spiro atoms. The lowest BCUT2D eigenvalue weighted by Crippen LogP contribution is -2.07. The van der Waals surface area contributed by atoms with Crippen LogP contribution in [0.1, 0.15) is 60.7 Å². The van der Waals surface area contributed by atoms with Crippen molar-refractivity contribution in [3.8, 4) is 0 Å². The second-order valence-corrected chi connectivity index (χ2v) is 6.22. The summed E-state index contributed by atoms with van der Waals surface area (Å²) < 4.78 is 13.5. The molecule has 112 valence electrons. The Hall–Kier alpha value is -1.77. The normalized spacial score (nSPS) is 12.7. The molecule has 0 aliphatic rings. The highest BCUT2D eigenvalue weighted by atomic mass is 19.1. The Kier molecular flexibility index (Phi) is 4.71. The summed E-state index contributed by atoms with van der Waals surface area (Å²) in [6, 6.07) is 7.32. The van der Waals surface area contributed by atoms with E-state index in [1.165, 1.54) is 0 Å². The Balaban J connectivity index is 2.21. The summed E-state index contributed by atoms with van der Waals surface area (Å²) in [5.41, 5.74) is 5.14. The van der Waals surface area contributed by atoms with Gasteiger partial charge in [0.15, 0.2) is 0 Å². The van der Waals surface area contributed by atoms with Crippen molar-refractivity contribution in [1.82, 2.24) is 10.2 Å². The van der Waals surface area contributed by atoms with E-state index in [9.17, 15) is 4.39 Å². The number of nitrogens with zero attached hydrogens (tertiary/aromatic N) is 2. The average molecular weight is 286 g/mol. The summed E-state index contributed by atoms with van der Waals surface area (Å²) in [7, 11) is 0. The minimum absolute atomic E-state index is 0.171. The number of halogens is 1. The summed E-state index contributed by atoms with van der Waals surface area (Å²) in [6.07, 6.45) is 0.778. The fourth-order valence-corrected chi connectivity index (χ4v) is 2.47. The van der Waals surface area contributed by atoms with Crippen molar-refractivity contribution in [3.63, 3.8) is 0 Å². The first-order valence-corrected chi connectivity index (χ1v) is 7.47. The molecule has 21 heavy (non-hydrogen) atoms. The van der Waals surface area contributed by atoms with Crippen LogP contribution in [0.5, 0.6) is 0 Å². The Labute approximate surface area is 126 Å². The average Bonchev–Trinajstić information content (AvgIpc) is 2.39. The summed E-state index contributed by atoms with van der Waals surface area (Å²) in [5.74, 6) is 0.431. The Morgan fingerprint density at radius 1 is 1.00 bits per heavy atom. The van der Waals surface area contributed by atoms with E-state index in [1.807, 2.05) is 13.0 Å². The smallest absolute Gasteiger partial charge is 0.123 e. The first-order valence-electron chi connectivity index (χ1n) is 7.47. The molecule has 0 saturated heterocycles. The molecule has 1 aromatic carbocycles. The van der Waals surface area contributed by atoms with E-state index in [1.54, 1.807) is 12.1 Å². The fourth-order valence-electron chi connectivity index (χ4n) is 2.47. The first-order chi connectivity index (χ1) is 9.86. The van der Waals surface area contributed by atoms with Crippen LogP contribution in [0.25, 0.3) is 0 Å². The molecule has 1 atom stereocenters. The monoisotopic (exact) mass is 286 g/mol. The maximum Gasteiger partial charge on any atom is 0.123 e. The lowest BCUT2D eigenvalue weighted by Gasteiger charge is -2.14. The van der Waals surface area contributed by atoms with Crippen LogP contribution in [0.3, 0.4) is 0 Å². The molecule has 0 unspecified atom stereocenters. The number of hydrogen-bond donors (Lipinski definition) is 0. The van der Waals surface area contributed by atoms with E-state index in [0.29, 0.717) is 5.92 Å². The van der Waals surface area contributed by atoms with Gasteiger partial charge >= 0.3 is 0 Å². The second kappa shape index (κ2) is 6.33. The van der Waals surface area contributed by atoms with E-state index < -0.39 is 0 Å². The molecular weight excluding hydrogens is 263 g/mol. The van der Waals surface area contributed by atoms with Crippen LogP contribution in [0.2, 0.25) is 0 Å². The van der Waals surface area contributed by atoms with Gasteiger partial charge in [0.2, 0.25) is 0 Å². The van der Waals surface area contributed by atoms with Crippen LogP contribution in [0, 0.1) is 19.7 Å². The molecule has 0 bridgehead atoms. The van der Waals surface area contributed by atoms with Gasteiger partial charge in [-0.05, 0) is 67.0 Å². The summed E-state index contributed by atoms with van der Waals surface area (Å²) in [4.78, 5) is 0. The molecule has 0 fully saturated rings. The lowest BCUT2D eigenvalue weighted by atomic mass is 9.93. The van der Waals surface area contributed by atoms with Gasteiger partial charge in [0.05, 0.1) is 11.4 Å². The molecular formula is C18H23FN2. The number of hydrogen-bond acceptors (Lipinski definition) is 2. The van der Waals surface area contributed by atoms with Crippen LogP contribution in [-0.2, 0) is 6.42 Å². The summed E-state index contributed by atoms with van der Waals surface area (Å²) >= 11 is 0. The van der Waals surface area contributed by atoms with E-state index in [2.05, 4.69) is 44.0 Å². The molecule has 0 aliphatic heterocycles. The maximum absolute atomic E-state index is 13.5. The summed E-state index contributed by atoms with van der Waals surface area (Å²) in [5, 5.41) is 8.66. The third-order valence-electron chi connectivity index (χ3n) is 3.83. The minimum Gasteiger partial charge on any atom is -0.207 e. The van der Waals surface area contributed by atoms with Crippen molar-refractivity contribution >= 4 is 0 Å². The fraction of sp³-hybridized carbons (Fsp3) is 0.444. The van der Waals surface area contributed by atoms with Gasteiger partial charge < -0.3 is 0 Å². The number of aromatic nitrogens is 2. The standard InChI is InChI=1S/C18H23FN2/c1-11(2)17-9-14(5)18(21-20-17)8-13(4)15-6-12(3)7-16(19)10-15/h6-7,9-11,13H,8H2,1-5H3/t13-/m0/s1. The maximum atomic E-state index is 13.5. The third-order valence-corrected chi connectivity index (χ3v) is 3.83. The van der Waals surface area contributed by atoms with Crippen LogP contribution < -0.4 is 0 Å². The summed E-state index contributed by atoms with van der Waals surface area (Å²) in [6.45, 7) is 10.3. The van der Waals surface area contributed by atoms with Crippen LogP contribution >= 0.6 is 0 Å². The minimum atomic E-state index is -0.171. The van der Waals surface area contributed by atoms with Gasteiger partial charge in [-0.3, -0.25) is 0 Å².